The first-order chi connectivity index (χ1) is 4.31. The zero-order valence-corrected chi connectivity index (χ0v) is 5.99. The Morgan fingerprint density at radius 3 is 2.78 bits per heavy atom. The Labute approximate surface area is 59.2 Å². The van der Waals surface area contributed by atoms with Crippen LogP contribution in [-0.2, 0) is 4.79 Å². The predicted octanol–water partition coefficient (Wildman–Crippen LogP) is -0.885. The van der Waals surface area contributed by atoms with Gasteiger partial charge in [-0.1, -0.05) is 0 Å². The Bertz CT molecular complexity index is 79.4. The van der Waals surface area contributed by atoms with Gasteiger partial charge < -0.3 is 11.5 Å². The van der Waals surface area contributed by atoms with Crippen molar-refractivity contribution in [1.29, 1.82) is 0 Å². The summed E-state index contributed by atoms with van der Waals surface area (Å²) < 4.78 is 0. The quantitative estimate of drug-likeness (QED) is 0.495. The minimum atomic E-state index is -0.443. The van der Waals surface area contributed by atoms with E-state index in [0.29, 0.717) is 12.3 Å². The normalized spacial score (nSPS) is 13.1. The van der Waals surface area contributed by atoms with Gasteiger partial charge in [-0.25, -0.2) is 0 Å². The standard InChI is InChI=1S/C5H11N2OS/c6-1-2-9-4-5(7)3-8/h5H,1-2,4,6-7H2/t5-/m1/s1. The molecule has 0 aromatic rings. The lowest BCUT2D eigenvalue weighted by Gasteiger charge is -1.99. The molecule has 0 aliphatic carbocycles. The maximum Gasteiger partial charge on any atom is 0.217 e. The van der Waals surface area contributed by atoms with E-state index in [9.17, 15) is 4.79 Å². The van der Waals surface area contributed by atoms with E-state index < -0.39 is 6.04 Å². The molecule has 0 heterocycles. The zero-order chi connectivity index (χ0) is 7.11. The Balaban J connectivity index is 2.96. The van der Waals surface area contributed by atoms with E-state index in [1.165, 1.54) is 0 Å². The van der Waals surface area contributed by atoms with Crippen LogP contribution in [0.25, 0.3) is 0 Å². The lowest BCUT2D eigenvalue weighted by Crippen LogP contribution is -2.24. The highest BCUT2D eigenvalue weighted by atomic mass is 32.2. The SMILES string of the molecule is NCCSC[C@H](N)[C]=O. The Morgan fingerprint density at radius 2 is 2.33 bits per heavy atom. The summed E-state index contributed by atoms with van der Waals surface area (Å²) in [6, 6.07) is -0.443. The molecule has 0 spiro atoms. The first-order valence-corrected chi connectivity index (χ1v) is 3.87. The van der Waals surface area contributed by atoms with Crippen LogP contribution in [0, 0.1) is 0 Å². The number of nitrogens with two attached hydrogens (primary N) is 2. The molecular formula is C5H11N2OS. The number of hydrogen-bond donors (Lipinski definition) is 2. The van der Waals surface area contributed by atoms with E-state index in [-0.39, 0.29) is 0 Å². The Hall–Kier alpha value is -0.0600. The van der Waals surface area contributed by atoms with Crippen molar-refractivity contribution in [2.24, 2.45) is 11.5 Å². The third-order valence-electron chi connectivity index (χ3n) is 0.711. The van der Waals surface area contributed by atoms with Crippen LogP contribution in [0.5, 0.6) is 0 Å². The van der Waals surface area contributed by atoms with E-state index in [2.05, 4.69) is 0 Å². The minimum absolute atomic E-state index is 0.443. The van der Waals surface area contributed by atoms with Crippen molar-refractivity contribution in [3.63, 3.8) is 0 Å². The maximum atomic E-state index is 9.80. The lowest BCUT2D eigenvalue weighted by atomic mass is 10.4. The molecule has 9 heavy (non-hydrogen) atoms. The van der Waals surface area contributed by atoms with Gasteiger partial charge in [0.25, 0.3) is 0 Å². The summed E-state index contributed by atoms with van der Waals surface area (Å²) in [6.45, 7) is 0.635. The van der Waals surface area contributed by atoms with Gasteiger partial charge in [0.05, 0.1) is 6.04 Å². The van der Waals surface area contributed by atoms with Gasteiger partial charge in [0, 0.05) is 18.1 Å². The summed E-state index contributed by atoms with van der Waals surface area (Å²) in [4.78, 5) is 9.80. The van der Waals surface area contributed by atoms with Gasteiger partial charge in [-0.15, -0.1) is 0 Å². The highest BCUT2D eigenvalue weighted by molar-refractivity contribution is 7.99. The molecule has 4 N–H and O–H groups in total. The third kappa shape index (κ3) is 5.82. The fourth-order valence-corrected chi connectivity index (χ4v) is 0.983. The third-order valence-corrected chi connectivity index (χ3v) is 1.83. The molecular weight excluding hydrogens is 136 g/mol. The van der Waals surface area contributed by atoms with Crippen molar-refractivity contribution in [1.82, 2.24) is 0 Å². The summed E-state index contributed by atoms with van der Waals surface area (Å²) in [5, 5.41) is 0. The molecule has 0 saturated heterocycles. The summed E-state index contributed by atoms with van der Waals surface area (Å²) in [5.74, 6) is 1.48. The van der Waals surface area contributed by atoms with Crippen LogP contribution in [-0.4, -0.2) is 30.4 Å². The van der Waals surface area contributed by atoms with Gasteiger partial charge in [-0.3, -0.25) is 4.79 Å². The first kappa shape index (κ1) is 8.94. The van der Waals surface area contributed by atoms with Crippen molar-refractivity contribution >= 4 is 18.0 Å². The Morgan fingerprint density at radius 1 is 1.67 bits per heavy atom. The average Bonchev–Trinajstić information content (AvgIpc) is 1.89. The van der Waals surface area contributed by atoms with Crippen LogP contribution in [0.1, 0.15) is 0 Å². The zero-order valence-electron chi connectivity index (χ0n) is 5.17. The maximum absolute atomic E-state index is 9.80. The van der Waals surface area contributed by atoms with E-state index in [0.717, 1.165) is 5.75 Å². The number of rotatable bonds is 5. The van der Waals surface area contributed by atoms with Crippen molar-refractivity contribution in [2.75, 3.05) is 18.1 Å². The van der Waals surface area contributed by atoms with E-state index in [1.807, 2.05) is 0 Å². The van der Waals surface area contributed by atoms with Gasteiger partial charge in [-0.2, -0.15) is 11.8 Å². The predicted molar refractivity (Wildman–Crippen MR) is 40.0 cm³/mol. The van der Waals surface area contributed by atoms with E-state index >= 15 is 0 Å². The molecule has 0 aromatic heterocycles. The Kier molecular flexibility index (Phi) is 6.03. The van der Waals surface area contributed by atoms with Crippen LogP contribution in [0.15, 0.2) is 0 Å². The van der Waals surface area contributed by atoms with E-state index in [1.54, 1.807) is 18.0 Å². The number of carbonyl (C=O) groups excluding carboxylic acids is 1. The minimum Gasteiger partial charge on any atom is -0.330 e. The second-order valence-corrected chi connectivity index (χ2v) is 2.74. The monoisotopic (exact) mass is 147 g/mol. The van der Waals surface area contributed by atoms with Gasteiger partial charge >= 0.3 is 0 Å². The van der Waals surface area contributed by atoms with Crippen LogP contribution in [0.2, 0.25) is 0 Å². The van der Waals surface area contributed by atoms with Crippen molar-refractivity contribution in [3.05, 3.63) is 0 Å². The molecule has 0 rings (SSSR count). The second kappa shape index (κ2) is 6.07. The number of hydrogen-bond acceptors (Lipinski definition) is 4. The van der Waals surface area contributed by atoms with Crippen molar-refractivity contribution in [3.8, 4) is 0 Å². The molecule has 0 fully saturated rings. The summed E-state index contributed by atoms with van der Waals surface area (Å²) in [7, 11) is 0. The fraction of sp³-hybridized carbons (Fsp3) is 0.800. The van der Waals surface area contributed by atoms with Crippen LogP contribution < -0.4 is 11.5 Å². The fourth-order valence-electron chi connectivity index (χ4n) is 0.328. The van der Waals surface area contributed by atoms with Crippen LogP contribution in [0.4, 0.5) is 0 Å². The molecule has 0 aliphatic heterocycles. The molecule has 53 valence electrons. The topological polar surface area (TPSA) is 69.1 Å². The molecule has 0 bridgehead atoms. The number of thioether (sulfide) groups is 1. The lowest BCUT2D eigenvalue weighted by molar-refractivity contribution is 0.546. The molecule has 0 amide bonds. The first-order valence-electron chi connectivity index (χ1n) is 2.72. The van der Waals surface area contributed by atoms with Crippen LogP contribution >= 0.6 is 11.8 Å². The van der Waals surface area contributed by atoms with Gasteiger partial charge in [0.15, 0.2) is 0 Å². The summed E-state index contributed by atoms with van der Waals surface area (Å²) in [6.07, 6.45) is 1.69. The molecule has 0 unspecified atom stereocenters. The van der Waals surface area contributed by atoms with Crippen LogP contribution in [0.3, 0.4) is 0 Å². The molecule has 0 aliphatic rings. The molecule has 0 aromatic carbocycles. The molecule has 1 atom stereocenters. The molecule has 0 saturated carbocycles. The average molecular weight is 147 g/mol. The second-order valence-electron chi connectivity index (χ2n) is 1.59. The highest BCUT2D eigenvalue weighted by Gasteiger charge is 1.98. The highest BCUT2D eigenvalue weighted by Crippen LogP contribution is 1.97. The van der Waals surface area contributed by atoms with Gasteiger partial charge in [-0.05, 0) is 0 Å². The largest absolute Gasteiger partial charge is 0.330 e. The summed E-state index contributed by atoms with van der Waals surface area (Å²) >= 11 is 1.57. The summed E-state index contributed by atoms with van der Waals surface area (Å²) in [5.41, 5.74) is 10.4. The van der Waals surface area contributed by atoms with Gasteiger partial charge in [0.1, 0.15) is 0 Å². The van der Waals surface area contributed by atoms with Gasteiger partial charge in [0.2, 0.25) is 6.29 Å². The van der Waals surface area contributed by atoms with Crippen molar-refractivity contribution < 1.29 is 4.79 Å². The van der Waals surface area contributed by atoms with E-state index in [4.69, 9.17) is 11.5 Å². The smallest absolute Gasteiger partial charge is 0.217 e. The molecule has 3 nitrogen and oxygen atoms in total. The molecule has 4 heteroatoms. The molecule has 1 radical (unpaired) electrons. The van der Waals surface area contributed by atoms with Crippen molar-refractivity contribution in [2.45, 2.75) is 6.04 Å².